The van der Waals surface area contributed by atoms with Crippen LogP contribution in [0.5, 0.6) is 5.75 Å². The molecule has 0 aliphatic carbocycles. The number of phenolic OH excluding ortho intramolecular Hbond substituents is 1. The van der Waals surface area contributed by atoms with Gasteiger partial charge >= 0.3 is 0 Å². The van der Waals surface area contributed by atoms with Crippen LogP contribution in [0.15, 0.2) is 18.2 Å². The Labute approximate surface area is 90.5 Å². The summed E-state index contributed by atoms with van der Waals surface area (Å²) in [6, 6.07) is 4.90. The van der Waals surface area contributed by atoms with Crippen LogP contribution in [0, 0.1) is 6.92 Å². The lowest BCUT2D eigenvalue weighted by Gasteiger charge is -2.20. The third-order valence-corrected chi connectivity index (χ3v) is 2.63. The highest BCUT2D eigenvalue weighted by atomic mass is 16.3. The van der Waals surface area contributed by atoms with Crippen LogP contribution in [-0.4, -0.2) is 16.3 Å². The minimum atomic E-state index is -0.595. The molecule has 0 heterocycles. The number of aliphatic hydroxyl groups is 1. The zero-order valence-electron chi connectivity index (χ0n) is 9.27. The van der Waals surface area contributed by atoms with Gasteiger partial charge in [-0.05, 0) is 18.9 Å². The number of benzene rings is 1. The molecule has 15 heavy (non-hydrogen) atoms. The molecule has 0 radical (unpaired) electrons. The van der Waals surface area contributed by atoms with Crippen LogP contribution in [-0.2, 0) is 0 Å². The van der Waals surface area contributed by atoms with E-state index in [2.05, 4.69) is 0 Å². The summed E-state index contributed by atoms with van der Waals surface area (Å²) in [5.41, 5.74) is 7.29. The Bertz CT molecular complexity index is 325. The number of aryl methyl sites for hydroxylation is 1. The Kier molecular flexibility index (Phi) is 4.12. The highest BCUT2D eigenvalue weighted by molar-refractivity contribution is 5.41. The lowest BCUT2D eigenvalue weighted by atomic mass is 9.97. The second kappa shape index (κ2) is 5.14. The molecule has 3 nitrogen and oxygen atoms in total. The Hall–Kier alpha value is -1.06. The molecule has 0 bridgehead atoms. The molecular formula is C12H19NO2. The monoisotopic (exact) mass is 209 g/mol. The van der Waals surface area contributed by atoms with Gasteiger partial charge in [0.2, 0.25) is 0 Å². The fourth-order valence-corrected chi connectivity index (χ4v) is 1.63. The van der Waals surface area contributed by atoms with Crippen LogP contribution < -0.4 is 5.73 Å². The Morgan fingerprint density at radius 2 is 2.07 bits per heavy atom. The Morgan fingerprint density at radius 1 is 1.40 bits per heavy atom. The van der Waals surface area contributed by atoms with Crippen molar-refractivity contribution in [2.75, 3.05) is 0 Å². The van der Waals surface area contributed by atoms with E-state index in [9.17, 15) is 10.2 Å². The molecule has 4 N–H and O–H groups in total. The summed E-state index contributed by atoms with van der Waals surface area (Å²) in [7, 11) is 0. The van der Waals surface area contributed by atoms with Crippen molar-refractivity contribution in [3.63, 3.8) is 0 Å². The predicted molar refractivity (Wildman–Crippen MR) is 60.7 cm³/mol. The van der Waals surface area contributed by atoms with Crippen molar-refractivity contribution < 1.29 is 10.2 Å². The molecule has 0 fully saturated rings. The number of para-hydroxylation sites is 1. The highest BCUT2D eigenvalue weighted by Crippen LogP contribution is 2.28. The molecule has 0 aliphatic heterocycles. The van der Waals surface area contributed by atoms with E-state index >= 15 is 0 Å². The minimum Gasteiger partial charge on any atom is -0.507 e. The molecule has 0 saturated heterocycles. The van der Waals surface area contributed by atoms with Gasteiger partial charge in [0.15, 0.2) is 0 Å². The molecule has 2 atom stereocenters. The first-order chi connectivity index (χ1) is 7.07. The van der Waals surface area contributed by atoms with Crippen molar-refractivity contribution in [1.29, 1.82) is 0 Å². The second-order valence-electron chi connectivity index (χ2n) is 3.89. The van der Waals surface area contributed by atoms with E-state index in [0.717, 1.165) is 12.0 Å². The average Bonchev–Trinajstić information content (AvgIpc) is 2.21. The number of phenols is 1. The van der Waals surface area contributed by atoms with Gasteiger partial charge in [0, 0.05) is 5.56 Å². The van der Waals surface area contributed by atoms with Crippen molar-refractivity contribution >= 4 is 0 Å². The normalized spacial score (nSPS) is 14.9. The summed E-state index contributed by atoms with van der Waals surface area (Å²) in [6.07, 6.45) is 0.929. The smallest absolute Gasteiger partial charge is 0.123 e. The molecule has 0 amide bonds. The van der Waals surface area contributed by atoms with Gasteiger partial charge in [-0.2, -0.15) is 0 Å². The van der Waals surface area contributed by atoms with Crippen molar-refractivity contribution in [2.24, 2.45) is 5.73 Å². The molecule has 84 valence electrons. The standard InChI is InChI=1S/C12H19NO2/c1-3-5-10(14)11(13)9-7-4-6-8(2)12(9)15/h4,6-7,10-11,14-15H,3,5,13H2,1-2H3/t10-,11+/m0/s1. The van der Waals surface area contributed by atoms with Crippen LogP contribution in [0.4, 0.5) is 0 Å². The van der Waals surface area contributed by atoms with Gasteiger partial charge in [-0.15, -0.1) is 0 Å². The fourth-order valence-electron chi connectivity index (χ4n) is 1.63. The Morgan fingerprint density at radius 3 is 2.67 bits per heavy atom. The number of aromatic hydroxyl groups is 1. The van der Waals surface area contributed by atoms with E-state index in [-0.39, 0.29) is 5.75 Å². The lowest BCUT2D eigenvalue weighted by Crippen LogP contribution is -2.26. The molecule has 1 rings (SSSR count). The summed E-state index contributed by atoms with van der Waals surface area (Å²) < 4.78 is 0. The van der Waals surface area contributed by atoms with E-state index in [1.54, 1.807) is 6.07 Å². The molecule has 0 spiro atoms. The van der Waals surface area contributed by atoms with Gasteiger partial charge in [-0.3, -0.25) is 0 Å². The maximum Gasteiger partial charge on any atom is 0.123 e. The number of aliphatic hydroxyl groups excluding tert-OH is 1. The van der Waals surface area contributed by atoms with Gasteiger partial charge in [-0.25, -0.2) is 0 Å². The van der Waals surface area contributed by atoms with Gasteiger partial charge in [-0.1, -0.05) is 31.5 Å². The predicted octanol–water partition coefficient (Wildman–Crippen LogP) is 1.86. The summed E-state index contributed by atoms with van der Waals surface area (Å²) in [5, 5.41) is 19.5. The van der Waals surface area contributed by atoms with Crippen molar-refractivity contribution in [3.05, 3.63) is 29.3 Å². The van der Waals surface area contributed by atoms with Crippen molar-refractivity contribution in [3.8, 4) is 5.75 Å². The molecule has 0 aromatic heterocycles. The first-order valence-electron chi connectivity index (χ1n) is 5.30. The zero-order chi connectivity index (χ0) is 11.4. The number of hydrogen-bond donors (Lipinski definition) is 3. The zero-order valence-corrected chi connectivity index (χ0v) is 9.27. The number of rotatable bonds is 4. The van der Waals surface area contributed by atoms with Crippen molar-refractivity contribution in [1.82, 2.24) is 0 Å². The quantitative estimate of drug-likeness (QED) is 0.709. The molecule has 0 unspecified atom stereocenters. The summed E-state index contributed by atoms with van der Waals surface area (Å²) in [5.74, 6) is 0.195. The number of nitrogens with two attached hydrogens (primary N) is 1. The van der Waals surface area contributed by atoms with Gasteiger partial charge < -0.3 is 15.9 Å². The highest BCUT2D eigenvalue weighted by Gasteiger charge is 2.19. The maximum absolute atomic E-state index is 9.79. The van der Waals surface area contributed by atoms with Gasteiger partial charge in [0.1, 0.15) is 5.75 Å². The molecule has 3 heteroatoms. The maximum atomic E-state index is 9.79. The van der Waals surface area contributed by atoms with E-state index in [0.29, 0.717) is 12.0 Å². The second-order valence-corrected chi connectivity index (χ2v) is 3.89. The summed E-state index contributed by atoms with van der Waals surface area (Å²) >= 11 is 0. The lowest BCUT2D eigenvalue weighted by molar-refractivity contribution is 0.133. The van der Waals surface area contributed by atoms with Gasteiger partial charge in [0.25, 0.3) is 0 Å². The largest absolute Gasteiger partial charge is 0.507 e. The SMILES string of the molecule is CCC[C@H](O)[C@H](N)c1cccc(C)c1O. The third kappa shape index (κ3) is 2.70. The molecule has 0 aliphatic rings. The summed E-state index contributed by atoms with van der Waals surface area (Å²) in [4.78, 5) is 0. The van der Waals surface area contributed by atoms with Crippen LogP contribution in [0.3, 0.4) is 0 Å². The third-order valence-electron chi connectivity index (χ3n) is 2.63. The van der Waals surface area contributed by atoms with E-state index < -0.39 is 12.1 Å². The number of hydrogen-bond acceptors (Lipinski definition) is 3. The first-order valence-corrected chi connectivity index (χ1v) is 5.30. The van der Waals surface area contributed by atoms with Crippen LogP contribution >= 0.6 is 0 Å². The molecular weight excluding hydrogens is 190 g/mol. The minimum absolute atomic E-state index is 0.195. The Balaban J connectivity index is 2.90. The van der Waals surface area contributed by atoms with E-state index in [4.69, 9.17) is 5.73 Å². The van der Waals surface area contributed by atoms with Crippen LogP contribution in [0.2, 0.25) is 0 Å². The van der Waals surface area contributed by atoms with Gasteiger partial charge in [0.05, 0.1) is 12.1 Å². The average molecular weight is 209 g/mol. The topological polar surface area (TPSA) is 66.5 Å². The van der Waals surface area contributed by atoms with E-state index in [1.165, 1.54) is 0 Å². The molecule has 1 aromatic rings. The molecule has 0 saturated carbocycles. The van der Waals surface area contributed by atoms with Crippen LogP contribution in [0.1, 0.15) is 36.9 Å². The van der Waals surface area contributed by atoms with Crippen molar-refractivity contribution in [2.45, 2.75) is 38.8 Å². The van der Waals surface area contributed by atoms with Crippen LogP contribution in [0.25, 0.3) is 0 Å². The fraction of sp³-hybridized carbons (Fsp3) is 0.500. The summed E-state index contributed by atoms with van der Waals surface area (Å²) in [6.45, 7) is 3.81. The molecule has 1 aromatic carbocycles. The first kappa shape index (κ1) is 12.0. The van der Waals surface area contributed by atoms with E-state index in [1.807, 2.05) is 26.0 Å².